The first-order valence-corrected chi connectivity index (χ1v) is 8.69. The Balaban J connectivity index is 1.77. The normalized spacial score (nSPS) is 26.0. The molecule has 2 saturated heterocycles. The van der Waals surface area contributed by atoms with Crippen molar-refractivity contribution in [2.75, 3.05) is 32.0 Å². The Labute approximate surface area is 130 Å². The second-order valence-electron chi connectivity index (χ2n) is 5.93. The Hall–Kier alpha value is -1.64. The molecule has 2 atom stereocenters. The van der Waals surface area contributed by atoms with Crippen molar-refractivity contribution in [1.29, 1.82) is 0 Å². The van der Waals surface area contributed by atoms with Gasteiger partial charge in [0.2, 0.25) is 10.0 Å². The van der Waals surface area contributed by atoms with Crippen molar-refractivity contribution in [2.45, 2.75) is 17.4 Å². The molecule has 0 aliphatic carbocycles. The predicted octanol–water partition coefficient (Wildman–Crippen LogP) is 0.502. The summed E-state index contributed by atoms with van der Waals surface area (Å²) >= 11 is 0. The van der Waals surface area contributed by atoms with Crippen LogP contribution in [-0.2, 0) is 10.0 Å². The van der Waals surface area contributed by atoms with Gasteiger partial charge in [-0.1, -0.05) is 0 Å². The van der Waals surface area contributed by atoms with Crippen LogP contribution in [0.4, 0.5) is 10.5 Å². The third kappa shape index (κ3) is 2.69. The molecular formula is C14H20N4O3S. The summed E-state index contributed by atoms with van der Waals surface area (Å²) in [6.45, 7) is 2.17. The van der Waals surface area contributed by atoms with Crippen molar-refractivity contribution in [3.8, 4) is 0 Å². The van der Waals surface area contributed by atoms with Crippen molar-refractivity contribution in [2.24, 2.45) is 11.7 Å². The number of benzene rings is 1. The van der Waals surface area contributed by atoms with Gasteiger partial charge >= 0.3 is 6.03 Å². The molecule has 0 spiro atoms. The zero-order chi connectivity index (χ0) is 15.9. The molecule has 2 fully saturated rings. The number of carbonyl (C=O) groups is 1. The van der Waals surface area contributed by atoms with E-state index >= 15 is 0 Å². The van der Waals surface area contributed by atoms with Crippen LogP contribution in [0.15, 0.2) is 29.2 Å². The molecule has 2 aliphatic heterocycles. The fourth-order valence-electron chi connectivity index (χ4n) is 3.33. The molecule has 2 amide bonds. The minimum absolute atomic E-state index is 0.241. The number of amides is 2. The second-order valence-corrected chi connectivity index (χ2v) is 7.87. The molecule has 0 bridgehead atoms. The molecule has 3 rings (SSSR count). The first-order chi connectivity index (χ1) is 10.4. The number of carbonyl (C=O) groups excluding carboxylic acids is 1. The van der Waals surface area contributed by atoms with Crippen LogP contribution >= 0.6 is 0 Å². The largest absolute Gasteiger partial charge is 0.351 e. The van der Waals surface area contributed by atoms with Crippen molar-refractivity contribution in [3.63, 3.8) is 0 Å². The Bertz CT molecular complexity index is 674. The summed E-state index contributed by atoms with van der Waals surface area (Å²) in [6.07, 6.45) is 1.05. The molecule has 0 aromatic heterocycles. The molecule has 2 heterocycles. The van der Waals surface area contributed by atoms with E-state index in [9.17, 15) is 13.2 Å². The van der Waals surface area contributed by atoms with E-state index in [4.69, 9.17) is 5.73 Å². The standard InChI is InChI=1S/C14H20N4O3S/c1-17-7-6-10-8-18(9-13(10)17)22(20,21)12-4-2-11(3-5-12)16-14(15)19/h2-5,10,13H,6-9H2,1H3,(H3,15,16,19). The van der Waals surface area contributed by atoms with Crippen LogP contribution in [0, 0.1) is 5.92 Å². The fraction of sp³-hybridized carbons (Fsp3) is 0.500. The number of hydrogen-bond acceptors (Lipinski definition) is 4. The number of likely N-dealkylation sites (tertiary alicyclic amines) is 1. The number of nitrogens with two attached hydrogens (primary N) is 1. The number of primary amides is 1. The van der Waals surface area contributed by atoms with Gasteiger partial charge in [0.1, 0.15) is 0 Å². The molecule has 0 saturated carbocycles. The average Bonchev–Trinajstić information content (AvgIpc) is 3.02. The van der Waals surface area contributed by atoms with Gasteiger partial charge in [-0.05, 0) is 50.2 Å². The monoisotopic (exact) mass is 324 g/mol. The Morgan fingerprint density at radius 3 is 2.55 bits per heavy atom. The number of sulfonamides is 1. The lowest BCUT2D eigenvalue weighted by atomic mass is 10.1. The van der Waals surface area contributed by atoms with Crippen molar-refractivity contribution >= 4 is 21.7 Å². The van der Waals surface area contributed by atoms with Crippen LogP contribution in [0.3, 0.4) is 0 Å². The lowest BCUT2D eigenvalue weighted by Crippen LogP contribution is -2.35. The quantitative estimate of drug-likeness (QED) is 0.846. The van der Waals surface area contributed by atoms with Crippen LogP contribution in [0.25, 0.3) is 0 Å². The maximum absolute atomic E-state index is 12.7. The van der Waals surface area contributed by atoms with Crippen LogP contribution in [0.2, 0.25) is 0 Å². The number of nitrogens with zero attached hydrogens (tertiary/aromatic N) is 2. The van der Waals surface area contributed by atoms with Gasteiger partial charge in [-0.2, -0.15) is 4.31 Å². The summed E-state index contributed by atoms with van der Waals surface area (Å²) in [4.78, 5) is 13.3. The number of fused-ring (bicyclic) bond motifs is 1. The van der Waals surface area contributed by atoms with Crippen LogP contribution in [0.5, 0.6) is 0 Å². The molecule has 2 unspecified atom stereocenters. The summed E-state index contributed by atoms with van der Waals surface area (Å²) in [6, 6.07) is 5.73. The Morgan fingerprint density at radius 2 is 1.95 bits per heavy atom. The Kier molecular flexibility index (Phi) is 3.84. The first kappa shape index (κ1) is 15.3. The minimum Gasteiger partial charge on any atom is -0.351 e. The van der Waals surface area contributed by atoms with E-state index in [0.29, 0.717) is 30.7 Å². The summed E-state index contributed by atoms with van der Waals surface area (Å²) in [5.74, 6) is 0.426. The van der Waals surface area contributed by atoms with Gasteiger partial charge in [-0.3, -0.25) is 0 Å². The van der Waals surface area contributed by atoms with Gasteiger partial charge in [0.25, 0.3) is 0 Å². The first-order valence-electron chi connectivity index (χ1n) is 7.25. The molecule has 120 valence electrons. The van der Waals surface area contributed by atoms with Crippen molar-refractivity contribution < 1.29 is 13.2 Å². The van der Waals surface area contributed by atoms with Crippen LogP contribution in [0.1, 0.15) is 6.42 Å². The topological polar surface area (TPSA) is 95.7 Å². The fourth-order valence-corrected chi connectivity index (χ4v) is 4.85. The highest BCUT2D eigenvalue weighted by molar-refractivity contribution is 7.89. The number of nitrogens with one attached hydrogen (secondary N) is 1. The third-order valence-electron chi connectivity index (χ3n) is 4.55. The number of rotatable bonds is 3. The highest BCUT2D eigenvalue weighted by Gasteiger charge is 2.43. The van der Waals surface area contributed by atoms with Crippen LogP contribution < -0.4 is 11.1 Å². The van der Waals surface area contributed by atoms with Gasteiger partial charge in [-0.25, -0.2) is 13.2 Å². The smallest absolute Gasteiger partial charge is 0.316 e. The molecule has 0 radical (unpaired) electrons. The maximum Gasteiger partial charge on any atom is 0.316 e. The third-order valence-corrected chi connectivity index (χ3v) is 6.40. The molecule has 3 N–H and O–H groups in total. The van der Waals surface area contributed by atoms with E-state index < -0.39 is 16.1 Å². The number of likely N-dealkylation sites (N-methyl/N-ethyl adjacent to an activating group) is 1. The summed E-state index contributed by atoms with van der Waals surface area (Å²) < 4.78 is 27.0. The second kappa shape index (κ2) is 5.53. The highest BCUT2D eigenvalue weighted by atomic mass is 32.2. The molecular weight excluding hydrogens is 304 g/mol. The van der Waals surface area contributed by atoms with Gasteiger partial charge in [-0.15, -0.1) is 0 Å². The van der Waals surface area contributed by atoms with E-state index in [0.717, 1.165) is 13.0 Å². The minimum atomic E-state index is -3.49. The number of anilines is 1. The van der Waals surface area contributed by atoms with E-state index in [-0.39, 0.29) is 4.90 Å². The van der Waals surface area contributed by atoms with Crippen molar-refractivity contribution in [3.05, 3.63) is 24.3 Å². The zero-order valence-corrected chi connectivity index (χ0v) is 13.2. The lowest BCUT2D eigenvalue weighted by Gasteiger charge is -2.20. The molecule has 1 aromatic carbocycles. The molecule has 8 heteroatoms. The molecule has 2 aliphatic rings. The summed E-state index contributed by atoms with van der Waals surface area (Å²) in [5.41, 5.74) is 5.51. The summed E-state index contributed by atoms with van der Waals surface area (Å²) in [7, 11) is -1.44. The SMILES string of the molecule is CN1CCC2CN(S(=O)(=O)c3ccc(NC(N)=O)cc3)CC21. The lowest BCUT2D eigenvalue weighted by molar-refractivity contribution is 0.259. The van der Waals surface area contributed by atoms with E-state index in [2.05, 4.69) is 10.2 Å². The van der Waals surface area contributed by atoms with Crippen molar-refractivity contribution in [1.82, 2.24) is 9.21 Å². The average molecular weight is 324 g/mol. The highest BCUT2D eigenvalue weighted by Crippen LogP contribution is 2.33. The van der Waals surface area contributed by atoms with Gasteiger partial charge < -0.3 is 16.0 Å². The predicted molar refractivity (Wildman–Crippen MR) is 82.9 cm³/mol. The zero-order valence-electron chi connectivity index (χ0n) is 12.4. The van der Waals surface area contributed by atoms with Gasteiger partial charge in [0, 0.05) is 24.8 Å². The van der Waals surface area contributed by atoms with Gasteiger partial charge in [0.15, 0.2) is 0 Å². The van der Waals surface area contributed by atoms with Crippen LogP contribution in [-0.4, -0.2) is 56.4 Å². The summed E-state index contributed by atoms with van der Waals surface area (Å²) in [5, 5.41) is 2.41. The number of urea groups is 1. The number of hydrogen-bond donors (Lipinski definition) is 2. The van der Waals surface area contributed by atoms with E-state index in [1.807, 2.05) is 7.05 Å². The van der Waals surface area contributed by atoms with E-state index in [1.165, 1.54) is 12.1 Å². The maximum atomic E-state index is 12.7. The molecule has 22 heavy (non-hydrogen) atoms. The van der Waals surface area contributed by atoms with Gasteiger partial charge in [0.05, 0.1) is 4.90 Å². The molecule has 1 aromatic rings. The van der Waals surface area contributed by atoms with E-state index in [1.54, 1.807) is 16.4 Å². The molecule has 7 nitrogen and oxygen atoms in total. The Morgan fingerprint density at radius 1 is 1.27 bits per heavy atom.